The van der Waals surface area contributed by atoms with Crippen molar-refractivity contribution in [2.45, 2.75) is 6.92 Å². The average Bonchev–Trinajstić information content (AvgIpc) is 1.95. The lowest BCUT2D eigenvalue weighted by atomic mass is 10.4. The van der Waals surface area contributed by atoms with Gasteiger partial charge in [-0.25, -0.2) is 9.37 Å². The van der Waals surface area contributed by atoms with Crippen LogP contribution in [0.3, 0.4) is 0 Å². The summed E-state index contributed by atoms with van der Waals surface area (Å²) in [7, 11) is 0. The molecule has 1 heterocycles. The molecule has 1 aromatic rings. The number of hydrogen-bond donors (Lipinski definition) is 0. The quantitative estimate of drug-likeness (QED) is 0.688. The third kappa shape index (κ3) is 2.05. The van der Waals surface area contributed by atoms with E-state index in [1.54, 1.807) is 6.92 Å². The van der Waals surface area contributed by atoms with Gasteiger partial charge in [0, 0.05) is 6.20 Å². The first-order chi connectivity index (χ1) is 5.24. The summed E-state index contributed by atoms with van der Waals surface area (Å²) in [5.41, 5.74) is 0. The molecule has 2 nitrogen and oxygen atoms in total. The van der Waals surface area contributed by atoms with Gasteiger partial charge in [-0.15, -0.1) is 0 Å². The molecule has 1 aromatic heterocycles. The second kappa shape index (κ2) is 3.53. The fraction of sp³-hybridized carbons (Fsp3) is 0.286. The van der Waals surface area contributed by atoms with Gasteiger partial charge in [0.2, 0.25) is 5.88 Å². The van der Waals surface area contributed by atoms with Crippen LogP contribution in [0.5, 0.6) is 5.88 Å². The van der Waals surface area contributed by atoms with Gasteiger partial charge in [0.25, 0.3) is 0 Å². The SMILES string of the molecule is CCOc1ncc(Cl)cc1F. The Morgan fingerprint density at radius 2 is 2.45 bits per heavy atom. The van der Waals surface area contributed by atoms with Crippen molar-refractivity contribution in [2.75, 3.05) is 6.61 Å². The van der Waals surface area contributed by atoms with Crippen LogP contribution in [0.15, 0.2) is 12.3 Å². The Balaban J connectivity index is 2.90. The highest BCUT2D eigenvalue weighted by Crippen LogP contribution is 2.16. The van der Waals surface area contributed by atoms with Crippen molar-refractivity contribution in [1.29, 1.82) is 0 Å². The lowest BCUT2D eigenvalue weighted by molar-refractivity contribution is 0.307. The van der Waals surface area contributed by atoms with E-state index in [9.17, 15) is 4.39 Å². The van der Waals surface area contributed by atoms with Gasteiger partial charge < -0.3 is 4.74 Å². The van der Waals surface area contributed by atoms with Crippen molar-refractivity contribution in [1.82, 2.24) is 4.98 Å². The lowest BCUT2D eigenvalue weighted by Crippen LogP contribution is -1.96. The summed E-state index contributed by atoms with van der Waals surface area (Å²) in [6.07, 6.45) is 1.34. The van der Waals surface area contributed by atoms with Gasteiger partial charge in [-0.2, -0.15) is 0 Å². The number of nitrogens with zero attached hydrogens (tertiary/aromatic N) is 1. The normalized spacial score (nSPS) is 9.73. The van der Waals surface area contributed by atoms with Crippen LogP contribution in [0, 0.1) is 5.82 Å². The molecule has 11 heavy (non-hydrogen) atoms. The van der Waals surface area contributed by atoms with E-state index in [0.29, 0.717) is 6.61 Å². The summed E-state index contributed by atoms with van der Waals surface area (Å²) in [4.78, 5) is 3.64. The van der Waals surface area contributed by atoms with Crippen LogP contribution in [0.1, 0.15) is 6.92 Å². The fourth-order valence-electron chi connectivity index (χ4n) is 0.645. The van der Waals surface area contributed by atoms with Crippen molar-refractivity contribution < 1.29 is 9.13 Å². The second-order valence-corrected chi connectivity index (χ2v) is 2.31. The van der Waals surface area contributed by atoms with Crippen LogP contribution in [0.25, 0.3) is 0 Å². The molecule has 0 amide bonds. The molecular formula is C7H7ClFNO. The second-order valence-electron chi connectivity index (χ2n) is 1.87. The molecule has 0 aromatic carbocycles. The van der Waals surface area contributed by atoms with Gasteiger partial charge in [-0.3, -0.25) is 0 Å². The maximum Gasteiger partial charge on any atom is 0.250 e. The monoisotopic (exact) mass is 175 g/mol. The minimum Gasteiger partial charge on any atom is -0.476 e. The van der Waals surface area contributed by atoms with E-state index in [1.165, 1.54) is 12.3 Å². The number of ether oxygens (including phenoxy) is 1. The Morgan fingerprint density at radius 1 is 1.73 bits per heavy atom. The van der Waals surface area contributed by atoms with E-state index < -0.39 is 5.82 Å². The first-order valence-electron chi connectivity index (χ1n) is 3.18. The van der Waals surface area contributed by atoms with Gasteiger partial charge in [0.1, 0.15) is 0 Å². The van der Waals surface area contributed by atoms with Crippen molar-refractivity contribution in [3.05, 3.63) is 23.1 Å². The van der Waals surface area contributed by atoms with Crippen LogP contribution in [0.4, 0.5) is 4.39 Å². The zero-order valence-corrected chi connectivity index (χ0v) is 6.73. The minimum absolute atomic E-state index is 0.00287. The molecule has 0 bridgehead atoms. The standard InChI is InChI=1S/C7H7ClFNO/c1-2-11-7-6(9)3-5(8)4-10-7/h3-4H,2H2,1H3. The lowest BCUT2D eigenvalue weighted by Gasteiger charge is -2.01. The highest BCUT2D eigenvalue weighted by atomic mass is 35.5. The highest BCUT2D eigenvalue weighted by Gasteiger charge is 2.03. The van der Waals surface area contributed by atoms with Crippen molar-refractivity contribution in [2.24, 2.45) is 0 Å². The van der Waals surface area contributed by atoms with E-state index in [0.717, 1.165) is 0 Å². The summed E-state index contributed by atoms with van der Waals surface area (Å²) in [5.74, 6) is -0.531. The molecule has 0 spiro atoms. The molecule has 0 saturated carbocycles. The predicted molar refractivity (Wildman–Crippen MR) is 40.4 cm³/mol. The molecule has 0 aliphatic rings. The number of pyridine rings is 1. The summed E-state index contributed by atoms with van der Waals surface area (Å²) in [6.45, 7) is 2.15. The number of hydrogen-bond acceptors (Lipinski definition) is 2. The van der Waals surface area contributed by atoms with E-state index in [2.05, 4.69) is 4.98 Å². The van der Waals surface area contributed by atoms with Crippen molar-refractivity contribution in [3.63, 3.8) is 0 Å². The Bertz CT molecular complexity index is 254. The number of halogens is 2. The van der Waals surface area contributed by atoms with Gasteiger partial charge in [0.15, 0.2) is 5.82 Å². The van der Waals surface area contributed by atoms with Gasteiger partial charge >= 0.3 is 0 Å². The topological polar surface area (TPSA) is 22.1 Å². The van der Waals surface area contributed by atoms with E-state index in [4.69, 9.17) is 16.3 Å². The Hall–Kier alpha value is -0.830. The largest absolute Gasteiger partial charge is 0.476 e. The van der Waals surface area contributed by atoms with Gasteiger partial charge in [-0.1, -0.05) is 11.6 Å². The Kier molecular flexibility index (Phi) is 2.65. The fourth-order valence-corrected chi connectivity index (χ4v) is 0.790. The molecule has 1 rings (SSSR count). The molecule has 4 heteroatoms. The maximum atomic E-state index is 12.8. The van der Waals surface area contributed by atoms with E-state index >= 15 is 0 Å². The smallest absolute Gasteiger partial charge is 0.250 e. The van der Waals surface area contributed by atoms with Crippen LogP contribution in [-0.4, -0.2) is 11.6 Å². The van der Waals surface area contributed by atoms with Crippen LogP contribution in [0.2, 0.25) is 5.02 Å². The molecule has 0 radical (unpaired) electrons. The van der Waals surface area contributed by atoms with Crippen LogP contribution in [-0.2, 0) is 0 Å². The average molecular weight is 176 g/mol. The van der Waals surface area contributed by atoms with Crippen molar-refractivity contribution >= 4 is 11.6 Å². The van der Waals surface area contributed by atoms with Crippen LogP contribution >= 0.6 is 11.6 Å². The summed E-state index contributed by atoms with van der Waals surface area (Å²) < 4.78 is 17.6. The Labute approximate surface area is 69.0 Å². The van der Waals surface area contributed by atoms with Gasteiger partial charge in [0.05, 0.1) is 11.6 Å². The van der Waals surface area contributed by atoms with E-state index in [-0.39, 0.29) is 10.9 Å². The van der Waals surface area contributed by atoms with Crippen molar-refractivity contribution in [3.8, 4) is 5.88 Å². The zero-order chi connectivity index (χ0) is 8.27. The van der Waals surface area contributed by atoms with Crippen LogP contribution < -0.4 is 4.74 Å². The molecule has 0 unspecified atom stereocenters. The molecular weight excluding hydrogens is 169 g/mol. The molecule has 60 valence electrons. The molecule has 0 fully saturated rings. The maximum absolute atomic E-state index is 12.8. The molecule has 0 N–H and O–H groups in total. The Morgan fingerprint density at radius 3 is 3.00 bits per heavy atom. The van der Waals surface area contributed by atoms with Gasteiger partial charge in [-0.05, 0) is 13.0 Å². The molecule has 0 saturated heterocycles. The third-order valence-corrected chi connectivity index (χ3v) is 1.26. The summed E-state index contributed by atoms with van der Waals surface area (Å²) in [5, 5.41) is 0.269. The summed E-state index contributed by atoms with van der Waals surface area (Å²) in [6, 6.07) is 1.17. The summed E-state index contributed by atoms with van der Waals surface area (Å²) >= 11 is 5.46. The van der Waals surface area contributed by atoms with E-state index in [1.807, 2.05) is 0 Å². The highest BCUT2D eigenvalue weighted by molar-refractivity contribution is 6.30. The molecule has 0 atom stereocenters. The molecule has 0 aliphatic carbocycles. The molecule has 0 aliphatic heterocycles. The third-order valence-electron chi connectivity index (χ3n) is 1.06. The number of aromatic nitrogens is 1. The first-order valence-corrected chi connectivity index (χ1v) is 3.55. The predicted octanol–water partition coefficient (Wildman–Crippen LogP) is 2.27. The first kappa shape index (κ1) is 8.27. The number of rotatable bonds is 2. The zero-order valence-electron chi connectivity index (χ0n) is 5.97. The minimum atomic E-state index is -0.528.